The van der Waals surface area contributed by atoms with Crippen molar-refractivity contribution >= 4 is 33.3 Å². The predicted octanol–water partition coefficient (Wildman–Crippen LogP) is 1.31. The molecule has 0 aromatic carbocycles. The van der Waals surface area contributed by atoms with E-state index in [0.717, 1.165) is 18.4 Å². The Balaban J connectivity index is 3.08. The molecule has 0 bridgehead atoms. The van der Waals surface area contributed by atoms with Gasteiger partial charge in [0.25, 0.3) is 0 Å². The maximum absolute atomic E-state index is 12.3. The summed E-state index contributed by atoms with van der Waals surface area (Å²) in [6.07, 6.45) is -0.339. The number of thiophene rings is 1. The van der Waals surface area contributed by atoms with Crippen LogP contribution in [0.25, 0.3) is 0 Å². The molecule has 118 valence electrons. The van der Waals surface area contributed by atoms with Crippen molar-refractivity contribution in [2.75, 3.05) is 7.11 Å². The summed E-state index contributed by atoms with van der Waals surface area (Å²) in [7, 11) is -2.84. The van der Waals surface area contributed by atoms with Crippen molar-refractivity contribution in [1.29, 1.82) is 0 Å². The van der Waals surface area contributed by atoms with E-state index >= 15 is 0 Å². The molecule has 0 aliphatic carbocycles. The van der Waals surface area contributed by atoms with Crippen LogP contribution >= 0.6 is 11.3 Å². The zero-order valence-corrected chi connectivity index (χ0v) is 13.5. The first kappa shape index (κ1) is 17.6. The number of sulfonamides is 1. The SMILES string of the molecule is COC(=O)c1sccc1S(=O)(=O)NC(CC(=O)O)C(C)C. The Labute approximate surface area is 127 Å². The number of methoxy groups -OCH3 is 1. The Morgan fingerprint density at radius 1 is 1.43 bits per heavy atom. The average molecular weight is 335 g/mol. The number of carboxylic acids is 1. The van der Waals surface area contributed by atoms with Crippen molar-refractivity contribution in [2.24, 2.45) is 5.92 Å². The third-order valence-corrected chi connectivity index (χ3v) is 5.35. The molecular formula is C12H17NO6S2. The van der Waals surface area contributed by atoms with E-state index < -0.39 is 28.0 Å². The van der Waals surface area contributed by atoms with Crippen LogP contribution in [0.5, 0.6) is 0 Å². The van der Waals surface area contributed by atoms with Gasteiger partial charge in [-0.1, -0.05) is 13.8 Å². The van der Waals surface area contributed by atoms with Crippen LogP contribution in [0.3, 0.4) is 0 Å². The maximum atomic E-state index is 12.3. The lowest BCUT2D eigenvalue weighted by Gasteiger charge is -2.20. The van der Waals surface area contributed by atoms with Crippen LogP contribution in [0, 0.1) is 5.92 Å². The Kier molecular flexibility index (Phi) is 5.87. The van der Waals surface area contributed by atoms with Gasteiger partial charge in [0, 0.05) is 6.04 Å². The summed E-state index contributed by atoms with van der Waals surface area (Å²) in [5, 5.41) is 10.3. The van der Waals surface area contributed by atoms with E-state index in [9.17, 15) is 18.0 Å². The van der Waals surface area contributed by atoms with Crippen LogP contribution in [0.15, 0.2) is 16.3 Å². The highest BCUT2D eigenvalue weighted by Gasteiger charge is 2.29. The molecule has 0 saturated heterocycles. The van der Waals surface area contributed by atoms with E-state index in [1.54, 1.807) is 13.8 Å². The number of rotatable bonds is 7. The summed E-state index contributed by atoms with van der Waals surface area (Å²) < 4.78 is 31.5. The van der Waals surface area contributed by atoms with Gasteiger partial charge in [0.15, 0.2) is 0 Å². The Bertz CT molecular complexity index is 619. The molecule has 0 saturated carbocycles. The second-order valence-electron chi connectivity index (χ2n) is 4.68. The molecule has 0 aliphatic rings. The molecule has 1 rings (SSSR count). The molecule has 7 nitrogen and oxygen atoms in total. The number of hydrogen-bond acceptors (Lipinski definition) is 6. The van der Waals surface area contributed by atoms with Crippen LogP contribution in [-0.4, -0.2) is 38.6 Å². The molecule has 0 radical (unpaired) electrons. The molecule has 0 fully saturated rings. The molecular weight excluding hydrogens is 318 g/mol. The minimum atomic E-state index is -4.00. The molecule has 1 unspecified atom stereocenters. The first-order valence-corrected chi connectivity index (χ1v) is 8.45. The molecule has 0 amide bonds. The van der Waals surface area contributed by atoms with Gasteiger partial charge in [0.2, 0.25) is 10.0 Å². The van der Waals surface area contributed by atoms with E-state index in [1.165, 1.54) is 11.4 Å². The molecule has 0 aliphatic heterocycles. The third-order valence-electron chi connectivity index (χ3n) is 2.80. The number of aliphatic carboxylic acids is 1. The first-order valence-electron chi connectivity index (χ1n) is 6.09. The Morgan fingerprint density at radius 2 is 2.05 bits per heavy atom. The fourth-order valence-corrected chi connectivity index (χ4v) is 4.33. The lowest BCUT2D eigenvalue weighted by Crippen LogP contribution is -2.40. The minimum Gasteiger partial charge on any atom is -0.481 e. The van der Waals surface area contributed by atoms with Crippen LogP contribution < -0.4 is 4.72 Å². The monoisotopic (exact) mass is 335 g/mol. The van der Waals surface area contributed by atoms with Crippen LogP contribution in [0.4, 0.5) is 0 Å². The van der Waals surface area contributed by atoms with E-state index in [-0.39, 0.29) is 22.1 Å². The van der Waals surface area contributed by atoms with Crippen LogP contribution in [0.1, 0.15) is 29.9 Å². The number of carbonyl (C=O) groups is 2. The zero-order valence-electron chi connectivity index (χ0n) is 11.8. The number of esters is 1. The zero-order chi connectivity index (χ0) is 16.2. The third kappa shape index (κ3) is 4.51. The van der Waals surface area contributed by atoms with E-state index in [0.29, 0.717) is 0 Å². The highest BCUT2D eigenvalue weighted by molar-refractivity contribution is 7.89. The molecule has 21 heavy (non-hydrogen) atoms. The van der Waals surface area contributed by atoms with Gasteiger partial charge in [-0.2, -0.15) is 0 Å². The number of carboxylic acid groups (broad SMARTS) is 1. The van der Waals surface area contributed by atoms with Crippen molar-refractivity contribution in [2.45, 2.75) is 31.2 Å². The first-order chi connectivity index (χ1) is 9.69. The standard InChI is InChI=1S/C12H17NO6S2/c1-7(2)8(6-10(14)15)13-21(17,18)9-4-5-20-11(9)12(16)19-3/h4-5,7-8,13H,6H2,1-3H3,(H,14,15). The van der Waals surface area contributed by atoms with Crippen molar-refractivity contribution in [1.82, 2.24) is 4.72 Å². The number of carbonyl (C=O) groups excluding carboxylic acids is 1. The van der Waals surface area contributed by atoms with E-state index in [4.69, 9.17) is 5.11 Å². The van der Waals surface area contributed by atoms with Crippen molar-refractivity contribution in [3.05, 3.63) is 16.3 Å². The average Bonchev–Trinajstić information content (AvgIpc) is 2.86. The minimum absolute atomic E-state index is 0.0390. The lowest BCUT2D eigenvalue weighted by atomic mass is 10.0. The smallest absolute Gasteiger partial charge is 0.349 e. The summed E-state index contributed by atoms with van der Waals surface area (Å²) in [4.78, 5) is 22.1. The van der Waals surface area contributed by atoms with E-state index in [2.05, 4.69) is 9.46 Å². The molecule has 0 spiro atoms. The van der Waals surface area contributed by atoms with Gasteiger partial charge < -0.3 is 9.84 Å². The van der Waals surface area contributed by atoms with Gasteiger partial charge in [-0.05, 0) is 17.4 Å². The fraction of sp³-hybridized carbons (Fsp3) is 0.500. The van der Waals surface area contributed by atoms with Crippen molar-refractivity contribution in [3.8, 4) is 0 Å². The summed E-state index contributed by atoms with van der Waals surface area (Å²) in [6, 6.07) is 0.523. The Morgan fingerprint density at radius 3 is 2.52 bits per heavy atom. The topological polar surface area (TPSA) is 110 Å². The summed E-state index contributed by atoms with van der Waals surface area (Å²) in [5.74, 6) is -2.06. The highest BCUT2D eigenvalue weighted by atomic mass is 32.2. The quantitative estimate of drug-likeness (QED) is 0.727. The maximum Gasteiger partial charge on any atom is 0.349 e. The second-order valence-corrected chi connectivity index (χ2v) is 7.27. The van der Waals surface area contributed by atoms with E-state index in [1.807, 2.05) is 0 Å². The molecule has 1 aromatic heterocycles. The van der Waals surface area contributed by atoms with Crippen molar-refractivity contribution in [3.63, 3.8) is 0 Å². The number of nitrogens with one attached hydrogen (secondary N) is 1. The van der Waals surface area contributed by atoms with Gasteiger partial charge in [-0.15, -0.1) is 11.3 Å². The lowest BCUT2D eigenvalue weighted by molar-refractivity contribution is -0.137. The largest absolute Gasteiger partial charge is 0.481 e. The second kappa shape index (κ2) is 7.01. The molecule has 1 heterocycles. The Hall–Kier alpha value is -1.45. The number of ether oxygens (including phenoxy) is 1. The fourth-order valence-electron chi connectivity index (χ4n) is 1.61. The van der Waals surface area contributed by atoms with Gasteiger partial charge in [0.1, 0.15) is 9.77 Å². The highest BCUT2D eigenvalue weighted by Crippen LogP contribution is 2.23. The molecule has 2 N–H and O–H groups in total. The molecule has 9 heteroatoms. The van der Waals surface area contributed by atoms with Crippen molar-refractivity contribution < 1.29 is 27.9 Å². The van der Waals surface area contributed by atoms with Gasteiger partial charge in [-0.25, -0.2) is 17.9 Å². The summed E-state index contributed by atoms with van der Waals surface area (Å²) >= 11 is 0.948. The number of hydrogen-bond donors (Lipinski definition) is 2. The van der Waals surface area contributed by atoms with Crippen LogP contribution in [-0.2, 0) is 19.6 Å². The molecule has 1 atom stereocenters. The van der Waals surface area contributed by atoms with Gasteiger partial charge in [-0.3, -0.25) is 4.79 Å². The van der Waals surface area contributed by atoms with Crippen LogP contribution in [0.2, 0.25) is 0 Å². The summed E-state index contributed by atoms with van der Waals surface area (Å²) in [6.45, 7) is 3.43. The normalized spacial score (nSPS) is 13.1. The van der Waals surface area contributed by atoms with Gasteiger partial charge in [0.05, 0.1) is 13.5 Å². The molecule has 1 aromatic rings. The summed E-state index contributed by atoms with van der Waals surface area (Å²) in [5.41, 5.74) is 0. The van der Waals surface area contributed by atoms with Gasteiger partial charge >= 0.3 is 11.9 Å². The predicted molar refractivity (Wildman–Crippen MR) is 76.9 cm³/mol.